The molecule has 0 saturated carbocycles. The Morgan fingerprint density at radius 3 is 1.64 bits per heavy atom. The van der Waals surface area contributed by atoms with Crippen molar-refractivity contribution in [1.82, 2.24) is 41.9 Å². The van der Waals surface area contributed by atoms with Crippen LogP contribution in [0, 0.1) is 11.8 Å². The first-order chi connectivity index (χ1) is 35.6. The maximum Gasteiger partial charge on any atom is 0.304 e. The highest BCUT2D eigenvalue weighted by Crippen LogP contribution is 2.18. The minimum absolute atomic E-state index is 0.0120. The van der Waals surface area contributed by atoms with Crippen molar-refractivity contribution in [2.75, 3.05) is 5.75 Å². The minimum Gasteiger partial charge on any atom is -0.508 e. The number of aromatic amines is 1. The molecule has 23 heteroatoms. The number of aromatic nitrogens is 2. The van der Waals surface area contributed by atoms with E-state index < -0.39 is 101 Å². The first-order valence-corrected chi connectivity index (χ1v) is 25.4. The number of carbonyl (C=O) groups is 9. The van der Waals surface area contributed by atoms with Gasteiger partial charge in [-0.05, 0) is 72.1 Å². The molecule has 7 amide bonds. The molecule has 14 N–H and O–H groups in total. The summed E-state index contributed by atoms with van der Waals surface area (Å²) < 4.78 is 0. The second kappa shape index (κ2) is 29.8. The molecule has 1 aromatic heterocycles. The number of nitrogens with zero attached hydrogens (tertiary/aromatic N) is 1. The quantitative estimate of drug-likeness (QED) is 0.0347. The second-order valence-electron chi connectivity index (χ2n) is 18.8. The zero-order chi connectivity index (χ0) is 55.2. The van der Waals surface area contributed by atoms with Crippen LogP contribution in [0.5, 0.6) is 11.5 Å². The summed E-state index contributed by atoms with van der Waals surface area (Å²) in [7, 11) is 0. The average Bonchev–Trinajstić information content (AvgIpc) is 3.87. The topological polar surface area (TPSA) is 367 Å². The van der Waals surface area contributed by atoms with Gasteiger partial charge in [0.25, 0.3) is 0 Å². The number of nitrogens with two attached hydrogens (primary N) is 2. The van der Waals surface area contributed by atoms with Crippen LogP contribution in [-0.2, 0) is 68.8 Å². The fraction of sp³-hybridized carbons (Fsp3) is 0.423. The Kier molecular flexibility index (Phi) is 23.7. The normalized spacial score (nSPS) is 14.0. The Balaban J connectivity index is 1.57. The van der Waals surface area contributed by atoms with Crippen molar-refractivity contribution in [2.45, 2.75) is 121 Å². The average molecular weight is 1060 g/mol. The molecular formula is C52H68N10O12S. The van der Waals surface area contributed by atoms with E-state index in [1.807, 2.05) is 13.8 Å². The molecule has 404 valence electrons. The lowest BCUT2D eigenvalue weighted by atomic mass is 9.98. The number of carboxylic acid groups (broad SMARTS) is 1. The van der Waals surface area contributed by atoms with Crippen molar-refractivity contribution in [3.05, 3.63) is 114 Å². The van der Waals surface area contributed by atoms with Gasteiger partial charge < -0.3 is 63.7 Å². The van der Waals surface area contributed by atoms with Gasteiger partial charge in [-0.15, -0.1) is 0 Å². The molecule has 75 heavy (non-hydrogen) atoms. The number of hydrogen-bond donors (Lipinski definition) is 12. The van der Waals surface area contributed by atoms with Crippen molar-refractivity contribution < 1.29 is 58.5 Å². The summed E-state index contributed by atoms with van der Waals surface area (Å²) in [6.45, 7) is 6.94. The maximum atomic E-state index is 14.5. The molecule has 7 atom stereocenters. The van der Waals surface area contributed by atoms with Gasteiger partial charge in [0, 0.05) is 43.3 Å². The summed E-state index contributed by atoms with van der Waals surface area (Å²) in [5.41, 5.74) is 13.8. The van der Waals surface area contributed by atoms with Crippen LogP contribution < -0.4 is 43.4 Å². The van der Waals surface area contributed by atoms with E-state index in [-0.39, 0.29) is 74.5 Å². The predicted molar refractivity (Wildman–Crippen MR) is 278 cm³/mol. The van der Waals surface area contributed by atoms with E-state index >= 15 is 0 Å². The third-order valence-electron chi connectivity index (χ3n) is 11.7. The zero-order valence-electron chi connectivity index (χ0n) is 42.2. The SMILES string of the molecule is CC(C)C[C@H](NC(=O)[C@H](Cc1ccccc1)NC(=O)[C@@H](NC(=O)[C@H](Cc1cnc[nH]1)NC(=O)[C@H](CCC(N)=O)NC(=O)[C@@H](N)Cc1ccc(O)cc1)C(C)C)C(=O)N[C@@H](Cc1ccc(O)cc1)C(=O)SCCC(=O)O. The Morgan fingerprint density at radius 1 is 0.587 bits per heavy atom. The highest BCUT2D eigenvalue weighted by molar-refractivity contribution is 8.13. The summed E-state index contributed by atoms with van der Waals surface area (Å²) in [6, 6.07) is 11.7. The largest absolute Gasteiger partial charge is 0.508 e. The van der Waals surface area contributed by atoms with Crippen molar-refractivity contribution in [1.29, 1.82) is 0 Å². The number of aromatic hydroxyl groups is 2. The fourth-order valence-electron chi connectivity index (χ4n) is 7.67. The number of benzene rings is 3. The highest BCUT2D eigenvalue weighted by Gasteiger charge is 2.35. The van der Waals surface area contributed by atoms with Crippen LogP contribution in [0.4, 0.5) is 0 Å². The number of carboxylic acids is 1. The molecule has 4 rings (SSSR count). The molecule has 4 aromatic rings. The second-order valence-corrected chi connectivity index (χ2v) is 19.9. The summed E-state index contributed by atoms with van der Waals surface area (Å²) in [4.78, 5) is 128. The van der Waals surface area contributed by atoms with Gasteiger partial charge in [-0.25, -0.2) is 4.98 Å². The summed E-state index contributed by atoms with van der Waals surface area (Å²) in [5, 5.41) is 44.3. The van der Waals surface area contributed by atoms with Crippen LogP contribution in [0.3, 0.4) is 0 Å². The molecule has 0 bridgehead atoms. The molecule has 0 radical (unpaired) electrons. The van der Waals surface area contributed by atoms with E-state index in [4.69, 9.17) is 16.6 Å². The lowest BCUT2D eigenvalue weighted by Crippen LogP contribution is -2.61. The van der Waals surface area contributed by atoms with Gasteiger partial charge in [0.1, 0.15) is 47.8 Å². The van der Waals surface area contributed by atoms with Crippen molar-refractivity contribution in [2.24, 2.45) is 23.3 Å². The van der Waals surface area contributed by atoms with Crippen molar-refractivity contribution in [3.8, 4) is 11.5 Å². The van der Waals surface area contributed by atoms with E-state index in [0.717, 1.165) is 11.8 Å². The number of amides is 7. The first kappa shape index (κ1) is 59.8. The molecule has 0 spiro atoms. The number of imidazole rings is 1. The maximum absolute atomic E-state index is 14.5. The fourth-order valence-corrected chi connectivity index (χ4v) is 8.49. The molecule has 0 saturated heterocycles. The zero-order valence-corrected chi connectivity index (χ0v) is 43.1. The van der Waals surface area contributed by atoms with Gasteiger partial charge in [-0.3, -0.25) is 43.2 Å². The number of phenolic OH excluding ortho intramolecular Hbond substituents is 2. The lowest BCUT2D eigenvalue weighted by Gasteiger charge is -2.29. The molecule has 3 aromatic carbocycles. The van der Waals surface area contributed by atoms with Gasteiger partial charge in [0.05, 0.1) is 18.8 Å². The lowest BCUT2D eigenvalue weighted by molar-refractivity contribution is -0.136. The van der Waals surface area contributed by atoms with Crippen LogP contribution >= 0.6 is 11.8 Å². The Bertz CT molecular complexity index is 2550. The molecular weight excluding hydrogens is 989 g/mol. The Morgan fingerprint density at radius 2 is 1.08 bits per heavy atom. The van der Waals surface area contributed by atoms with Gasteiger partial charge in [0.15, 0.2) is 0 Å². The summed E-state index contributed by atoms with van der Waals surface area (Å²) >= 11 is 0.737. The number of phenols is 2. The molecule has 0 unspecified atom stereocenters. The van der Waals surface area contributed by atoms with Gasteiger partial charge in [0.2, 0.25) is 46.5 Å². The molecule has 22 nitrogen and oxygen atoms in total. The summed E-state index contributed by atoms with van der Waals surface area (Å²) in [6.07, 6.45) is 1.77. The van der Waals surface area contributed by atoms with Crippen LogP contribution in [0.25, 0.3) is 0 Å². The van der Waals surface area contributed by atoms with Gasteiger partial charge in [-0.2, -0.15) is 0 Å². The standard InChI is InChI=1S/C52H68N10O12S/c1-29(2)22-39(48(70)61-42(52(74)75-21-20-44(66)67)25-33-12-16-36(64)17-13-33)58-49(71)40(24-31-8-6-5-7-9-31)60-51(73)45(30(3)4)62-50(72)41(26-34-27-55-28-56-34)59-47(69)38(18-19-43(54)65)57-46(68)37(53)23-32-10-14-35(63)15-11-32/h5-17,27-30,37-42,45,63-64H,18-26,53H2,1-4H3,(H2,54,65)(H,55,56)(H,57,68)(H,58,71)(H,59,69)(H,60,73)(H,61,70)(H,62,72)(H,66,67)/t37-,38-,39-,40-,41-,42-,45-/m0/s1. The number of carbonyl (C=O) groups excluding carboxylic acids is 8. The number of hydrogen-bond acceptors (Lipinski definition) is 14. The van der Waals surface area contributed by atoms with Crippen LogP contribution in [0.2, 0.25) is 0 Å². The van der Waals surface area contributed by atoms with Crippen molar-refractivity contribution >= 4 is 64.2 Å². The number of H-pyrrole nitrogens is 1. The number of primary amides is 1. The number of thioether (sulfide) groups is 1. The van der Waals surface area contributed by atoms with Crippen LogP contribution in [0.1, 0.15) is 75.8 Å². The van der Waals surface area contributed by atoms with E-state index in [2.05, 4.69) is 41.9 Å². The van der Waals surface area contributed by atoms with Gasteiger partial charge >= 0.3 is 5.97 Å². The third-order valence-corrected chi connectivity index (χ3v) is 12.7. The third kappa shape index (κ3) is 20.9. The molecule has 0 fully saturated rings. The number of rotatable bonds is 30. The molecule has 1 heterocycles. The van der Waals surface area contributed by atoms with Crippen LogP contribution in [0.15, 0.2) is 91.4 Å². The molecule has 0 aliphatic rings. The van der Waals surface area contributed by atoms with E-state index in [1.54, 1.807) is 68.4 Å². The highest BCUT2D eigenvalue weighted by atomic mass is 32.2. The Labute approximate surface area is 438 Å². The number of nitrogens with one attached hydrogen (secondary N) is 7. The van der Waals surface area contributed by atoms with Crippen molar-refractivity contribution in [3.63, 3.8) is 0 Å². The smallest absolute Gasteiger partial charge is 0.304 e. The molecule has 0 aliphatic heterocycles. The number of aliphatic carboxylic acids is 1. The first-order valence-electron chi connectivity index (χ1n) is 24.4. The monoisotopic (exact) mass is 1060 g/mol. The minimum atomic E-state index is -1.41. The predicted octanol–water partition coefficient (Wildman–Crippen LogP) is 1.03. The van der Waals surface area contributed by atoms with Gasteiger partial charge in [-0.1, -0.05) is 94.1 Å². The van der Waals surface area contributed by atoms with E-state index in [9.17, 15) is 53.4 Å². The molecule has 0 aliphatic carbocycles. The summed E-state index contributed by atoms with van der Waals surface area (Å²) in [5.74, 6) is -7.47. The Hall–Kier alpha value is -7.79. The van der Waals surface area contributed by atoms with E-state index in [1.165, 1.54) is 36.8 Å². The van der Waals surface area contributed by atoms with E-state index in [0.29, 0.717) is 22.4 Å². The van der Waals surface area contributed by atoms with Crippen LogP contribution in [-0.4, -0.2) is 126 Å².